The monoisotopic (exact) mass is 246 g/mol. The zero-order valence-electron chi connectivity index (χ0n) is 10.0. The Bertz CT molecular complexity index is 547. The van der Waals surface area contributed by atoms with E-state index in [-0.39, 0.29) is 11.9 Å². The molecule has 0 saturated carbocycles. The van der Waals surface area contributed by atoms with Crippen molar-refractivity contribution in [3.05, 3.63) is 47.3 Å². The smallest absolute Gasteiger partial charge is 0.155 e. The summed E-state index contributed by atoms with van der Waals surface area (Å²) in [7, 11) is 0. The first-order chi connectivity index (χ1) is 8.72. The quantitative estimate of drug-likeness (QED) is 0.879. The SMILES string of the molecule is NC1CCCn2nc(Cc3ccc(F)cc3)nc21. The molecule has 0 aliphatic carbocycles. The van der Waals surface area contributed by atoms with Crippen LogP contribution in [-0.4, -0.2) is 14.8 Å². The Morgan fingerprint density at radius 2 is 2.11 bits per heavy atom. The molecular formula is C13H15FN4. The van der Waals surface area contributed by atoms with Crippen molar-refractivity contribution in [1.29, 1.82) is 0 Å². The molecule has 1 unspecified atom stereocenters. The van der Waals surface area contributed by atoms with Crippen molar-refractivity contribution in [3.63, 3.8) is 0 Å². The lowest BCUT2D eigenvalue weighted by Crippen LogP contribution is -2.22. The van der Waals surface area contributed by atoms with Crippen LogP contribution in [0.15, 0.2) is 24.3 Å². The number of benzene rings is 1. The van der Waals surface area contributed by atoms with Gasteiger partial charge in [-0.25, -0.2) is 14.1 Å². The van der Waals surface area contributed by atoms with Gasteiger partial charge in [0.15, 0.2) is 5.82 Å². The second kappa shape index (κ2) is 4.49. The van der Waals surface area contributed by atoms with Gasteiger partial charge in [0.1, 0.15) is 11.6 Å². The third-order valence-electron chi connectivity index (χ3n) is 3.24. The number of halogens is 1. The predicted molar refractivity (Wildman–Crippen MR) is 65.4 cm³/mol. The Balaban J connectivity index is 1.83. The molecule has 1 atom stereocenters. The maximum atomic E-state index is 12.8. The van der Waals surface area contributed by atoms with Gasteiger partial charge in [-0.15, -0.1) is 0 Å². The summed E-state index contributed by atoms with van der Waals surface area (Å²) in [6.07, 6.45) is 2.63. The van der Waals surface area contributed by atoms with E-state index < -0.39 is 0 Å². The van der Waals surface area contributed by atoms with E-state index in [1.807, 2.05) is 4.68 Å². The summed E-state index contributed by atoms with van der Waals surface area (Å²) in [5.41, 5.74) is 7.01. The highest BCUT2D eigenvalue weighted by atomic mass is 19.1. The minimum atomic E-state index is -0.224. The van der Waals surface area contributed by atoms with Crippen LogP contribution in [0.2, 0.25) is 0 Å². The molecule has 2 aromatic rings. The minimum Gasteiger partial charge on any atom is -0.321 e. The summed E-state index contributed by atoms with van der Waals surface area (Å²) in [6.45, 7) is 0.888. The molecule has 0 radical (unpaired) electrons. The van der Waals surface area contributed by atoms with Crippen molar-refractivity contribution in [3.8, 4) is 0 Å². The molecule has 0 fully saturated rings. The van der Waals surface area contributed by atoms with Crippen LogP contribution in [0.4, 0.5) is 4.39 Å². The molecule has 2 N–H and O–H groups in total. The molecule has 1 aromatic heterocycles. The second-order valence-electron chi connectivity index (χ2n) is 4.66. The summed E-state index contributed by atoms with van der Waals surface area (Å²) < 4.78 is 14.7. The van der Waals surface area contributed by atoms with Gasteiger partial charge in [-0.1, -0.05) is 12.1 Å². The Kier molecular flexibility index (Phi) is 2.83. The summed E-state index contributed by atoms with van der Waals surface area (Å²) in [6, 6.07) is 6.42. The fraction of sp³-hybridized carbons (Fsp3) is 0.385. The van der Waals surface area contributed by atoms with Crippen molar-refractivity contribution in [2.24, 2.45) is 5.73 Å². The van der Waals surface area contributed by atoms with E-state index in [2.05, 4.69) is 10.1 Å². The van der Waals surface area contributed by atoms with Gasteiger partial charge in [0.25, 0.3) is 0 Å². The molecule has 1 aliphatic heterocycles. The van der Waals surface area contributed by atoms with Gasteiger partial charge in [-0.3, -0.25) is 0 Å². The molecule has 18 heavy (non-hydrogen) atoms. The molecule has 0 spiro atoms. The molecule has 0 saturated heterocycles. The van der Waals surface area contributed by atoms with Crippen molar-refractivity contribution in [2.45, 2.75) is 31.8 Å². The largest absolute Gasteiger partial charge is 0.321 e. The van der Waals surface area contributed by atoms with E-state index in [0.717, 1.165) is 36.6 Å². The summed E-state index contributed by atoms with van der Waals surface area (Å²) >= 11 is 0. The Morgan fingerprint density at radius 1 is 1.33 bits per heavy atom. The lowest BCUT2D eigenvalue weighted by molar-refractivity contribution is 0.421. The Morgan fingerprint density at radius 3 is 2.83 bits per heavy atom. The number of aromatic nitrogens is 3. The first-order valence-electron chi connectivity index (χ1n) is 6.16. The fourth-order valence-corrected chi connectivity index (χ4v) is 2.29. The van der Waals surface area contributed by atoms with E-state index in [4.69, 9.17) is 5.73 Å². The van der Waals surface area contributed by atoms with E-state index in [0.29, 0.717) is 6.42 Å². The van der Waals surface area contributed by atoms with Crippen LogP contribution < -0.4 is 5.73 Å². The maximum absolute atomic E-state index is 12.8. The molecule has 0 amide bonds. The van der Waals surface area contributed by atoms with Gasteiger partial charge in [-0.05, 0) is 30.5 Å². The van der Waals surface area contributed by atoms with Crippen molar-refractivity contribution in [1.82, 2.24) is 14.8 Å². The summed E-state index contributed by atoms with van der Waals surface area (Å²) in [5.74, 6) is 1.41. The normalized spacial score (nSPS) is 18.7. The minimum absolute atomic E-state index is 0.00628. The van der Waals surface area contributed by atoms with Crippen molar-refractivity contribution >= 4 is 0 Å². The van der Waals surface area contributed by atoms with Gasteiger partial charge in [0.05, 0.1) is 6.04 Å². The van der Waals surface area contributed by atoms with Gasteiger partial charge in [-0.2, -0.15) is 5.10 Å². The summed E-state index contributed by atoms with van der Waals surface area (Å²) in [4.78, 5) is 4.48. The van der Waals surface area contributed by atoms with Crippen LogP contribution in [0.5, 0.6) is 0 Å². The van der Waals surface area contributed by atoms with Gasteiger partial charge in [0, 0.05) is 13.0 Å². The maximum Gasteiger partial charge on any atom is 0.155 e. The lowest BCUT2D eigenvalue weighted by Gasteiger charge is -2.17. The number of nitrogens with zero attached hydrogens (tertiary/aromatic N) is 3. The molecule has 94 valence electrons. The van der Waals surface area contributed by atoms with E-state index in [1.54, 1.807) is 12.1 Å². The van der Waals surface area contributed by atoms with E-state index in [1.165, 1.54) is 12.1 Å². The van der Waals surface area contributed by atoms with E-state index >= 15 is 0 Å². The average molecular weight is 246 g/mol. The number of rotatable bonds is 2. The number of hydrogen-bond donors (Lipinski definition) is 1. The Labute approximate surface area is 105 Å². The molecule has 2 heterocycles. The van der Waals surface area contributed by atoms with Crippen LogP contribution in [0, 0.1) is 5.82 Å². The van der Waals surface area contributed by atoms with Crippen LogP contribution in [0.1, 0.15) is 36.1 Å². The third kappa shape index (κ3) is 2.13. The lowest BCUT2D eigenvalue weighted by atomic mass is 10.1. The van der Waals surface area contributed by atoms with Gasteiger partial charge in [0.2, 0.25) is 0 Å². The van der Waals surface area contributed by atoms with Crippen molar-refractivity contribution in [2.75, 3.05) is 0 Å². The predicted octanol–water partition coefficient (Wildman–Crippen LogP) is 1.80. The number of nitrogens with two attached hydrogens (primary N) is 1. The standard InChI is InChI=1S/C13H15FN4/c14-10-5-3-9(4-6-10)8-12-16-13-11(15)2-1-7-18(13)17-12/h3-6,11H,1-2,7-8,15H2. The molecule has 3 rings (SSSR count). The highest BCUT2D eigenvalue weighted by Crippen LogP contribution is 2.21. The van der Waals surface area contributed by atoms with Gasteiger partial charge >= 0.3 is 0 Å². The third-order valence-corrected chi connectivity index (χ3v) is 3.24. The van der Waals surface area contributed by atoms with Gasteiger partial charge < -0.3 is 5.73 Å². The van der Waals surface area contributed by atoms with Crippen LogP contribution >= 0.6 is 0 Å². The molecule has 1 aromatic carbocycles. The Hall–Kier alpha value is -1.75. The molecule has 0 bridgehead atoms. The fourth-order valence-electron chi connectivity index (χ4n) is 2.29. The first-order valence-corrected chi connectivity index (χ1v) is 6.16. The molecular weight excluding hydrogens is 231 g/mol. The molecule has 1 aliphatic rings. The average Bonchev–Trinajstić information content (AvgIpc) is 2.76. The second-order valence-corrected chi connectivity index (χ2v) is 4.66. The first kappa shape index (κ1) is 11.3. The number of aryl methyl sites for hydroxylation is 1. The van der Waals surface area contributed by atoms with Crippen LogP contribution in [0.3, 0.4) is 0 Å². The molecule has 4 nitrogen and oxygen atoms in total. The topological polar surface area (TPSA) is 56.7 Å². The highest BCUT2D eigenvalue weighted by Gasteiger charge is 2.20. The van der Waals surface area contributed by atoms with E-state index in [9.17, 15) is 4.39 Å². The highest BCUT2D eigenvalue weighted by molar-refractivity contribution is 5.20. The summed E-state index contributed by atoms with van der Waals surface area (Å²) in [5, 5.41) is 4.45. The zero-order chi connectivity index (χ0) is 12.5. The van der Waals surface area contributed by atoms with Crippen molar-refractivity contribution < 1.29 is 4.39 Å². The number of hydrogen-bond acceptors (Lipinski definition) is 3. The van der Waals surface area contributed by atoms with Crippen LogP contribution in [0.25, 0.3) is 0 Å². The van der Waals surface area contributed by atoms with Crippen LogP contribution in [-0.2, 0) is 13.0 Å². The molecule has 5 heteroatoms. The number of fused-ring (bicyclic) bond motifs is 1. The zero-order valence-corrected chi connectivity index (χ0v) is 10.0.